The van der Waals surface area contributed by atoms with E-state index in [9.17, 15) is 9.65 Å². The van der Waals surface area contributed by atoms with Crippen LogP contribution in [0.4, 0.5) is 10.2 Å². The summed E-state index contributed by atoms with van der Waals surface area (Å²) in [7, 11) is 0. The Balaban J connectivity index is 1.26. The number of benzene rings is 1. The van der Waals surface area contributed by atoms with Gasteiger partial charge in [0.1, 0.15) is 24.2 Å². The first kappa shape index (κ1) is 25.1. The fourth-order valence-corrected chi connectivity index (χ4v) is 7.26. The van der Waals surface area contributed by atoms with Crippen LogP contribution in [0.25, 0.3) is 0 Å². The molecule has 3 atom stereocenters. The zero-order valence-corrected chi connectivity index (χ0v) is 22.2. The van der Waals surface area contributed by atoms with Crippen molar-refractivity contribution in [3.05, 3.63) is 46.1 Å². The van der Waals surface area contributed by atoms with E-state index in [1.165, 1.54) is 0 Å². The van der Waals surface area contributed by atoms with Crippen LogP contribution in [0.15, 0.2) is 18.2 Å². The largest absolute Gasteiger partial charge is 0.461 e. The molecule has 9 nitrogen and oxygen atoms in total. The summed E-state index contributed by atoms with van der Waals surface area (Å²) in [6.07, 6.45) is 3.02. The Morgan fingerprint density at radius 1 is 1.13 bits per heavy atom. The van der Waals surface area contributed by atoms with Crippen LogP contribution in [0.3, 0.4) is 0 Å². The summed E-state index contributed by atoms with van der Waals surface area (Å²) in [4.78, 5) is 14.3. The molecule has 0 aliphatic carbocycles. The van der Waals surface area contributed by atoms with Gasteiger partial charge in [0.2, 0.25) is 0 Å². The summed E-state index contributed by atoms with van der Waals surface area (Å²) in [5.41, 5.74) is 3.20. The van der Waals surface area contributed by atoms with E-state index in [0.717, 1.165) is 73.7 Å². The van der Waals surface area contributed by atoms with Crippen molar-refractivity contribution in [1.82, 2.24) is 14.9 Å². The summed E-state index contributed by atoms with van der Waals surface area (Å²) in [6, 6.07) is 8.41. The molecule has 0 amide bonds. The third-order valence-electron chi connectivity index (χ3n) is 9.07. The molecular formula is C29H34FN5O4. The van der Waals surface area contributed by atoms with E-state index in [0.29, 0.717) is 64.0 Å². The summed E-state index contributed by atoms with van der Waals surface area (Å²) >= 11 is 0. The topological polar surface area (TPSA) is 93.0 Å². The smallest absolute Gasteiger partial charge is 0.318 e. The zero-order valence-electron chi connectivity index (χ0n) is 22.2. The fraction of sp³-hybridized carbons (Fsp3) is 0.621. The van der Waals surface area contributed by atoms with Crippen molar-refractivity contribution >= 4 is 5.82 Å². The molecule has 0 radical (unpaired) electrons. The highest BCUT2D eigenvalue weighted by Gasteiger charge is 2.50. The molecule has 10 heteroatoms. The van der Waals surface area contributed by atoms with Crippen LogP contribution in [0.1, 0.15) is 53.6 Å². The molecule has 206 valence electrons. The van der Waals surface area contributed by atoms with Crippen LogP contribution in [-0.2, 0) is 39.4 Å². The summed E-state index contributed by atoms with van der Waals surface area (Å²) in [6.45, 7) is 5.77. The van der Waals surface area contributed by atoms with Crippen molar-refractivity contribution in [2.45, 2.75) is 62.6 Å². The van der Waals surface area contributed by atoms with Crippen LogP contribution in [0.2, 0.25) is 0 Å². The molecule has 1 aromatic carbocycles. The Bertz CT molecular complexity index is 1300. The van der Waals surface area contributed by atoms with Gasteiger partial charge in [0.15, 0.2) is 0 Å². The van der Waals surface area contributed by atoms with Gasteiger partial charge in [-0.25, -0.2) is 4.39 Å². The maximum Gasteiger partial charge on any atom is 0.318 e. The van der Waals surface area contributed by atoms with Crippen molar-refractivity contribution < 1.29 is 23.3 Å². The van der Waals surface area contributed by atoms with E-state index in [2.05, 4.69) is 15.9 Å². The molecule has 6 heterocycles. The van der Waals surface area contributed by atoms with Crippen LogP contribution in [0, 0.1) is 11.3 Å². The average molecular weight is 536 g/mol. The second kappa shape index (κ2) is 9.97. The minimum atomic E-state index is -0.816. The Hall–Kier alpha value is -2.84. The number of hydrogen-bond donors (Lipinski definition) is 0. The van der Waals surface area contributed by atoms with Gasteiger partial charge in [-0.05, 0) is 37.4 Å². The Kier molecular flexibility index (Phi) is 6.43. The predicted octanol–water partition coefficient (Wildman–Crippen LogP) is 3.03. The van der Waals surface area contributed by atoms with E-state index < -0.39 is 11.8 Å². The number of anilines is 1. The Morgan fingerprint density at radius 3 is 3.00 bits per heavy atom. The SMILES string of the molecule is N#Cc1cccc2c1C1(COC2)Cc2nc(OC[C@@]34CCCN3C[C@H](F)C4)nc(N3CCCOCC3)c2CO1. The molecule has 7 rings (SSSR count). The van der Waals surface area contributed by atoms with Gasteiger partial charge in [-0.15, -0.1) is 0 Å². The van der Waals surface area contributed by atoms with Crippen molar-refractivity contribution in [3.63, 3.8) is 0 Å². The summed E-state index contributed by atoms with van der Waals surface area (Å²) in [5, 5.41) is 9.91. The number of nitriles is 1. The minimum Gasteiger partial charge on any atom is -0.461 e. The second-order valence-electron chi connectivity index (χ2n) is 11.5. The lowest BCUT2D eigenvalue weighted by molar-refractivity contribution is -0.136. The molecule has 0 saturated carbocycles. The molecule has 5 aliphatic rings. The maximum atomic E-state index is 14.4. The van der Waals surface area contributed by atoms with E-state index in [1.54, 1.807) is 0 Å². The van der Waals surface area contributed by atoms with Crippen molar-refractivity contribution in [1.29, 1.82) is 5.26 Å². The first-order chi connectivity index (χ1) is 19.1. The number of halogens is 1. The third-order valence-corrected chi connectivity index (χ3v) is 9.07. The predicted molar refractivity (Wildman–Crippen MR) is 139 cm³/mol. The number of rotatable bonds is 4. The molecule has 1 aromatic heterocycles. The van der Waals surface area contributed by atoms with Gasteiger partial charge in [0, 0.05) is 50.2 Å². The summed E-state index contributed by atoms with van der Waals surface area (Å²) in [5.74, 6) is 0.816. The highest BCUT2D eigenvalue weighted by molar-refractivity contribution is 5.54. The van der Waals surface area contributed by atoms with Gasteiger partial charge >= 0.3 is 6.01 Å². The lowest BCUT2D eigenvalue weighted by atomic mass is 9.80. The standard InChI is InChI=1S/C29H34FN5O4/c30-22-12-28(6-2-8-35(28)15-22)18-38-27-32-24-13-29(19-37-16-21-5-1-4-20(14-31)25(21)29)39-17-23(24)26(33-27)34-7-3-10-36-11-9-34/h1,4-5,22H,2-3,6-13,15-19H2/t22-,28+,29?/m1/s1. The van der Waals surface area contributed by atoms with Gasteiger partial charge < -0.3 is 23.8 Å². The third kappa shape index (κ3) is 4.36. The van der Waals surface area contributed by atoms with Gasteiger partial charge in [0.25, 0.3) is 0 Å². The first-order valence-electron chi connectivity index (χ1n) is 14.1. The lowest BCUT2D eigenvalue weighted by Crippen LogP contribution is -2.45. The number of nitrogens with zero attached hydrogens (tertiary/aromatic N) is 5. The molecule has 0 N–H and O–H groups in total. The molecular weight excluding hydrogens is 501 g/mol. The molecule has 3 fully saturated rings. The van der Waals surface area contributed by atoms with E-state index in [1.807, 2.05) is 18.2 Å². The minimum absolute atomic E-state index is 0.280. The molecule has 3 saturated heterocycles. The van der Waals surface area contributed by atoms with Gasteiger partial charge in [-0.3, -0.25) is 4.90 Å². The average Bonchev–Trinajstić information content (AvgIpc) is 3.33. The number of alkyl halides is 1. The first-order valence-corrected chi connectivity index (χ1v) is 14.1. The number of hydrogen-bond acceptors (Lipinski definition) is 9. The molecule has 1 unspecified atom stereocenters. The lowest BCUT2D eigenvalue weighted by Gasteiger charge is -2.42. The molecule has 39 heavy (non-hydrogen) atoms. The van der Waals surface area contributed by atoms with Gasteiger partial charge in [-0.2, -0.15) is 15.2 Å². The van der Waals surface area contributed by atoms with Crippen molar-refractivity contribution in [2.75, 3.05) is 57.5 Å². The van der Waals surface area contributed by atoms with E-state index in [-0.39, 0.29) is 5.54 Å². The van der Waals surface area contributed by atoms with Crippen LogP contribution in [-0.4, -0.2) is 79.2 Å². The fourth-order valence-electron chi connectivity index (χ4n) is 7.26. The van der Waals surface area contributed by atoms with E-state index in [4.69, 9.17) is 28.9 Å². The quantitative estimate of drug-likeness (QED) is 0.586. The normalized spacial score (nSPS) is 30.4. The molecule has 1 spiro atoms. The highest BCUT2D eigenvalue weighted by atomic mass is 19.1. The molecule has 0 bridgehead atoms. The summed E-state index contributed by atoms with van der Waals surface area (Å²) < 4.78 is 39.0. The second-order valence-corrected chi connectivity index (χ2v) is 11.5. The molecule has 2 aromatic rings. The van der Waals surface area contributed by atoms with E-state index >= 15 is 0 Å². The van der Waals surface area contributed by atoms with Crippen LogP contribution < -0.4 is 9.64 Å². The zero-order chi connectivity index (χ0) is 26.5. The Labute approximate surface area is 227 Å². The van der Waals surface area contributed by atoms with Crippen molar-refractivity contribution in [2.24, 2.45) is 0 Å². The van der Waals surface area contributed by atoms with Crippen molar-refractivity contribution in [3.8, 4) is 12.1 Å². The van der Waals surface area contributed by atoms with Crippen LogP contribution in [0.5, 0.6) is 6.01 Å². The van der Waals surface area contributed by atoms with Crippen LogP contribution >= 0.6 is 0 Å². The van der Waals surface area contributed by atoms with Gasteiger partial charge in [-0.1, -0.05) is 12.1 Å². The highest BCUT2D eigenvalue weighted by Crippen LogP contribution is 2.45. The number of ether oxygens (including phenoxy) is 4. The Morgan fingerprint density at radius 2 is 2.08 bits per heavy atom. The number of fused-ring (bicyclic) bond motifs is 4. The monoisotopic (exact) mass is 535 g/mol. The van der Waals surface area contributed by atoms with Gasteiger partial charge in [0.05, 0.1) is 49.3 Å². The molecule has 5 aliphatic heterocycles. The maximum absolute atomic E-state index is 14.4. The number of aromatic nitrogens is 2.